The van der Waals surface area contributed by atoms with Gasteiger partial charge < -0.3 is 14.8 Å². The molecule has 0 aliphatic carbocycles. The highest BCUT2D eigenvalue weighted by Crippen LogP contribution is 2.42. The second-order valence-electron chi connectivity index (χ2n) is 7.09. The van der Waals surface area contributed by atoms with Crippen LogP contribution in [-0.4, -0.2) is 19.6 Å². The summed E-state index contributed by atoms with van der Waals surface area (Å²) in [4.78, 5) is 10.8. The zero-order valence-electron chi connectivity index (χ0n) is 16.2. The Morgan fingerprint density at radius 3 is 2.55 bits per heavy atom. The lowest BCUT2D eigenvalue weighted by Gasteiger charge is -2.29. The molecule has 2 atom stereocenters. The van der Waals surface area contributed by atoms with E-state index < -0.39 is 0 Å². The van der Waals surface area contributed by atoms with Gasteiger partial charge >= 0.3 is 0 Å². The van der Waals surface area contributed by atoms with Crippen molar-refractivity contribution in [2.24, 2.45) is 0 Å². The third-order valence-corrected chi connectivity index (χ3v) is 5.79. The Hall–Kier alpha value is -3.29. The average Bonchev–Trinajstić information content (AvgIpc) is 3.40. The van der Waals surface area contributed by atoms with Gasteiger partial charge in [0.25, 0.3) is 0 Å². The Morgan fingerprint density at radius 1 is 0.968 bits per heavy atom. The summed E-state index contributed by atoms with van der Waals surface area (Å²) in [6.45, 7) is 0. The van der Waals surface area contributed by atoms with Crippen molar-refractivity contribution in [3.05, 3.63) is 108 Å². The van der Waals surface area contributed by atoms with Gasteiger partial charge in [0.2, 0.25) is 0 Å². The van der Waals surface area contributed by atoms with Crippen molar-refractivity contribution < 1.29 is 4.39 Å². The quantitative estimate of drug-likeness (QED) is 0.432. The van der Waals surface area contributed by atoms with E-state index in [2.05, 4.69) is 15.3 Å². The summed E-state index contributed by atoms with van der Waals surface area (Å²) >= 11 is 11.7. The molecule has 4 aromatic rings. The zero-order chi connectivity index (χ0) is 21.4. The number of halogens is 2. The van der Waals surface area contributed by atoms with Gasteiger partial charge in [0, 0.05) is 24.3 Å². The van der Waals surface area contributed by atoms with Crippen LogP contribution in [0.5, 0.6) is 0 Å². The monoisotopic (exact) mass is 449 g/mol. The topological polar surface area (TPSA) is 46.0 Å². The lowest BCUT2D eigenvalue weighted by atomic mass is 10.0. The molecule has 0 spiro atoms. The number of pyridine rings is 2. The minimum atomic E-state index is -0.355. The lowest BCUT2D eigenvalue weighted by Crippen LogP contribution is -2.31. The minimum Gasteiger partial charge on any atom is -0.351 e. The van der Waals surface area contributed by atoms with Crippen molar-refractivity contribution in [3.8, 4) is 5.82 Å². The Bertz CT molecular complexity index is 1230. The number of rotatable bonds is 4. The number of nitrogens with zero attached hydrogens (tertiary/aromatic N) is 4. The van der Waals surface area contributed by atoms with Crippen molar-refractivity contribution in [1.29, 1.82) is 0 Å². The van der Waals surface area contributed by atoms with Crippen LogP contribution in [0.4, 0.5) is 10.1 Å². The van der Waals surface area contributed by atoms with Crippen molar-refractivity contribution in [2.75, 3.05) is 4.90 Å². The SMILES string of the molecule is Fc1ccccc1N1C(=S)N[C@@H](c2ccccn2)[C@@H]1c1cccn1-c1ccc(Cl)cn1. The van der Waals surface area contributed by atoms with E-state index in [0.717, 1.165) is 11.4 Å². The molecular formula is C23H17ClFN5S. The fraction of sp³-hybridized carbons (Fsp3) is 0.0870. The molecule has 8 heteroatoms. The summed E-state index contributed by atoms with van der Waals surface area (Å²) in [6, 6.07) is 19.3. The van der Waals surface area contributed by atoms with Crippen molar-refractivity contribution in [3.63, 3.8) is 0 Å². The molecule has 0 radical (unpaired) electrons. The Labute approximate surface area is 189 Å². The van der Waals surface area contributed by atoms with E-state index in [1.165, 1.54) is 6.07 Å². The van der Waals surface area contributed by atoms with Gasteiger partial charge in [0.1, 0.15) is 17.7 Å². The van der Waals surface area contributed by atoms with Gasteiger partial charge in [-0.25, -0.2) is 9.37 Å². The molecule has 1 saturated heterocycles. The average molecular weight is 450 g/mol. The van der Waals surface area contributed by atoms with E-state index in [4.69, 9.17) is 23.8 Å². The maximum absolute atomic E-state index is 14.8. The molecule has 1 aliphatic heterocycles. The van der Waals surface area contributed by atoms with Gasteiger partial charge in [-0.15, -0.1) is 0 Å². The van der Waals surface area contributed by atoms with Crippen molar-refractivity contribution in [2.45, 2.75) is 12.1 Å². The van der Waals surface area contributed by atoms with Crippen molar-refractivity contribution in [1.82, 2.24) is 19.9 Å². The van der Waals surface area contributed by atoms with Gasteiger partial charge in [-0.3, -0.25) is 4.98 Å². The van der Waals surface area contributed by atoms with Crippen LogP contribution in [0, 0.1) is 5.82 Å². The number of aromatic nitrogens is 3. The van der Waals surface area contributed by atoms with E-state index >= 15 is 0 Å². The molecule has 1 aliphatic rings. The van der Waals surface area contributed by atoms with Gasteiger partial charge in [0.05, 0.1) is 22.4 Å². The molecule has 5 rings (SSSR count). The highest BCUT2D eigenvalue weighted by Gasteiger charge is 2.43. The van der Waals surface area contributed by atoms with Crippen LogP contribution in [0.2, 0.25) is 5.02 Å². The van der Waals surface area contributed by atoms with Crippen LogP contribution in [0.15, 0.2) is 85.3 Å². The van der Waals surface area contributed by atoms with E-state index in [-0.39, 0.29) is 17.9 Å². The van der Waals surface area contributed by atoms with Crippen LogP contribution in [0.25, 0.3) is 5.82 Å². The van der Waals surface area contributed by atoms with Crippen LogP contribution in [-0.2, 0) is 0 Å². The van der Waals surface area contributed by atoms with Crippen molar-refractivity contribution >= 4 is 34.6 Å². The minimum absolute atomic E-state index is 0.283. The number of nitrogens with one attached hydrogen (secondary N) is 1. The normalized spacial score (nSPS) is 18.3. The molecule has 1 aromatic carbocycles. The van der Waals surface area contributed by atoms with E-state index in [1.807, 2.05) is 52.1 Å². The molecule has 0 unspecified atom stereocenters. The number of hydrogen-bond acceptors (Lipinski definition) is 3. The molecule has 3 aromatic heterocycles. The lowest BCUT2D eigenvalue weighted by molar-refractivity contribution is 0.541. The standard InChI is InChI=1S/C23H17ClFN5S/c24-15-10-11-20(27-14-15)29-13-5-9-19(29)22-21(17-7-3-4-12-26-17)28-23(31)30(22)18-8-2-1-6-16(18)25/h1-14,21-22H,(H,28,31)/t21-,22-/m0/s1. The number of benzene rings is 1. The van der Waals surface area contributed by atoms with Gasteiger partial charge in [-0.05, 0) is 60.7 Å². The van der Waals surface area contributed by atoms with Gasteiger partial charge in [-0.2, -0.15) is 0 Å². The second kappa shape index (κ2) is 8.09. The predicted molar refractivity (Wildman–Crippen MR) is 123 cm³/mol. The summed E-state index contributed by atoms with van der Waals surface area (Å²) in [6.07, 6.45) is 5.26. The highest BCUT2D eigenvalue weighted by atomic mass is 35.5. The first-order chi connectivity index (χ1) is 15.1. The summed E-state index contributed by atoms with van der Waals surface area (Å²) in [5, 5.41) is 4.33. The first-order valence-corrected chi connectivity index (χ1v) is 10.5. The Balaban J connectivity index is 1.68. The summed E-state index contributed by atoms with van der Waals surface area (Å²) in [5.41, 5.74) is 2.10. The maximum atomic E-state index is 14.8. The number of thiocarbonyl (C=S) groups is 1. The molecule has 5 nitrogen and oxygen atoms in total. The third kappa shape index (κ3) is 3.56. The largest absolute Gasteiger partial charge is 0.351 e. The molecule has 1 N–H and O–H groups in total. The molecule has 0 saturated carbocycles. The van der Waals surface area contributed by atoms with Gasteiger partial charge in [0.15, 0.2) is 5.11 Å². The fourth-order valence-corrected chi connectivity index (χ4v) is 4.37. The molecule has 0 bridgehead atoms. The summed E-state index contributed by atoms with van der Waals surface area (Å²) in [7, 11) is 0. The number of anilines is 1. The predicted octanol–water partition coefficient (Wildman–Crippen LogP) is 5.24. The van der Waals surface area contributed by atoms with Crippen LogP contribution in [0.1, 0.15) is 23.5 Å². The molecule has 0 amide bonds. The molecule has 4 heterocycles. The summed E-state index contributed by atoms with van der Waals surface area (Å²) < 4.78 is 16.8. The number of para-hydroxylation sites is 1. The Morgan fingerprint density at radius 2 is 1.81 bits per heavy atom. The molecule has 154 valence electrons. The first kappa shape index (κ1) is 19.7. The van der Waals surface area contributed by atoms with E-state index in [9.17, 15) is 4.39 Å². The second-order valence-corrected chi connectivity index (χ2v) is 7.91. The van der Waals surface area contributed by atoms with Gasteiger partial charge in [-0.1, -0.05) is 29.8 Å². The van der Waals surface area contributed by atoms with E-state index in [0.29, 0.717) is 21.6 Å². The van der Waals surface area contributed by atoms with E-state index in [1.54, 1.807) is 36.7 Å². The molecular weight excluding hydrogens is 433 g/mol. The molecule has 31 heavy (non-hydrogen) atoms. The van der Waals surface area contributed by atoms with Crippen LogP contribution < -0.4 is 10.2 Å². The smallest absolute Gasteiger partial charge is 0.174 e. The maximum Gasteiger partial charge on any atom is 0.174 e. The highest BCUT2D eigenvalue weighted by molar-refractivity contribution is 7.80. The Kier molecular flexibility index (Phi) is 5.13. The van der Waals surface area contributed by atoms with Crippen LogP contribution >= 0.6 is 23.8 Å². The third-order valence-electron chi connectivity index (χ3n) is 5.25. The zero-order valence-corrected chi connectivity index (χ0v) is 17.8. The fourth-order valence-electron chi connectivity index (χ4n) is 3.92. The number of hydrogen-bond donors (Lipinski definition) is 1. The molecule has 1 fully saturated rings. The van der Waals surface area contributed by atoms with Crippen LogP contribution in [0.3, 0.4) is 0 Å². The first-order valence-electron chi connectivity index (χ1n) is 9.68. The summed E-state index contributed by atoms with van der Waals surface area (Å²) in [5.74, 6) is 0.358.